The fourth-order valence-corrected chi connectivity index (χ4v) is 0.931. The molecule has 5 nitrogen and oxygen atoms in total. The van der Waals surface area contributed by atoms with Crippen LogP contribution < -0.4 is 0 Å². The maximum Gasteiger partial charge on any atom is 0.341 e. The van der Waals surface area contributed by atoms with E-state index >= 15 is 0 Å². The highest BCUT2D eigenvalue weighted by molar-refractivity contribution is 5.88. The number of phenols is 1. The lowest BCUT2D eigenvalue weighted by molar-refractivity contribution is -0.151. The normalized spacial score (nSPS) is 10.2. The Balaban J connectivity index is 2.50. The Morgan fingerprint density at radius 1 is 1.25 bits per heavy atom. The number of ether oxygens (including phenoxy) is 1. The summed E-state index contributed by atoms with van der Waals surface area (Å²) in [4.78, 5) is 21.1. The molecule has 0 aliphatic rings. The zero-order valence-corrected chi connectivity index (χ0v) is 8.29. The summed E-state index contributed by atoms with van der Waals surface area (Å²) in [6.45, 7) is -0.654. The van der Waals surface area contributed by atoms with Crippen LogP contribution in [0.25, 0.3) is 6.08 Å². The fraction of sp³-hybridized carbons (Fsp3) is 0.0909. The minimum absolute atomic E-state index is 0.130. The summed E-state index contributed by atoms with van der Waals surface area (Å²) in [6.07, 6.45) is 2.58. The molecule has 1 aromatic rings. The summed E-state index contributed by atoms with van der Waals surface area (Å²) < 4.78 is 4.37. The number of carbonyl (C=O) groups excluding carboxylic acids is 1. The average Bonchev–Trinajstić information content (AvgIpc) is 2.25. The van der Waals surface area contributed by atoms with Gasteiger partial charge < -0.3 is 14.9 Å². The van der Waals surface area contributed by atoms with Crippen molar-refractivity contribution in [1.29, 1.82) is 0 Å². The predicted octanol–water partition coefficient (Wildman–Crippen LogP) is 1.03. The van der Waals surface area contributed by atoms with Gasteiger partial charge >= 0.3 is 11.9 Å². The van der Waals surface area contributed by atoms with Crippen LogP contribution >= 0.6 is 0 Å². The summed E-state index contributed by atoms with van der Waals surface area (Å²) in [7, 11) is 0. The van der Waals surface area contributed by atoms with Gasteiger partial charge in [0.05, 0.1) is 0 Å². The van der Waals surface area contributed by atoms with Crippen molar-refractivity contribution in [2.24, 2.45) is 0 Å². The number of carboxylic acid groups (broad SMARTS) is 1. The Morgan fingerprint density at radius 3 is 2.44 bits per heavy atom. The Labute approximate surface area is 91.6 Å². The van der Waals surface area contributed by atoms with Crippen LogP contribution in [0.2, 0.25) is 0 Å². The van der Waals surface area contributed by atoms with E-state index in [0.29, 0.717) is 5.56 Å². The summed E-state index contributed by atoms with van der Waals surface area (Å²) in [5, 5.41) is 17.2. The fourth-order valence-electron chi connectivity index (χ4n) is 0.931. The van der Waals surface area contributed by atoms with Crippen LogP contribution in [-0.2, 0) is 14.3 Å². The van der Waals surface area contributed by atoms with Gasteiger partial charge in [-0.05, 0) is 23.8 Å². The molecule has 0 aliphatic carbocycles. The van der Waals surface area contributed by atoms with Crippen LogP contribution in [0, 0.1) is 0 Å². The molecular weight excluding hydrogens is 212 g/mol. The van der Waals surface area contributed by atoms with Gasteiger partial charge in [0.15, 0.2) is 6.61 Å². The van der Waals surface area contributed by atoms with Crippen LogP contribution in [0.15, 0.2) is 30.3 Å². The Kier molecular flexibility index (Phi) is 4.08. The van der Waals surface area contributed by atoms with Crippen LogP contribution in [-0.4, -0.2) is 28.8 Å². The number of aliphatic carboxylic acids is 1. The van der Waals surface area contributed by atoms with Crippen LogP contribution in [0.3, 0.4) is 0 Å². The molecule has 0 atom stereocenters. The van der Waals surface area contributed by atoms with E-state index in [1.807, 2.05) is 0 Å². The number of hydrogen-bond donors (Lipinski definition) is 2. The van der Waals surface area contributed by atoms with E-state index < -0.39 is 18.5 Å². The number of esters is 1. The number of carbonyl (C=O) groups is 2. The second-order valence-electron chi connectivity index (χ2n) is 2.93. The quantitative estimate of drug-likeness (QED) is 0.587. The molecule has 0 amide bonds. The molecular formula is C11H10O5. The third-order valence-corrected chi connectivity index (χ3v) is 1.64. The molecule has 84 valence electrons. The van der Waals surface area contributed by atoms with E-state index in [1.54, 1.807) is 12.1 Å². The monoisotopic (exact) mass is 222 g/mol. The average molecular weight is 222 g/mol. The molecule has 2 N–H and O–H groups in total. The molecule has 0 saturated heterocycles. The second-order valence-corrected chi connectivity index (χ2v) is 2.93. The second kappa shape index (κ2) is 5.55. The Morgan fingerprint density at radius 2 is 1.88 bits per heavy atom. The zero-order chi connectivity index (χ0) is 12.0. The highest BCUT2D eigenvalue weighted by atomic mass is 16.5. The van der Waals surface area contributed by atoms with E-state index in [4.69, 9.17) is 10.2 Å². The standard InChI is InChI=1S/C11H10O5/c12-9-4-1-8(2-5-9)3-6-11(15)16-7-10(13)14/h1-6,12H,7H2,(H,13,14). The topological polar surface area (TPSA) is 83.8 Å². The highest BCUT2D eigenvalue weighted by Crippen LogP contribution is 2.10. The molecule has 0 radical (unpaired) electrons. The maximum atomic E-state index is 11.0. The van der Waals surface area contributed by atoms with Gasteiger partial charge in [0.2, 0.25) is 0 Å². The first-order valence-corrected chi connectivity index (χ1v) is 4.43. The molecule has 0 fully saturated rings. The van der Waals surface area contributed by atoms with E-state index in [-0.39, 0.29) is 5.75 Å². The van der Waals surface area contributed by atoms with Crippen molar-refractivity contribution >= 4 is 18.0 Å². The summed E-state index contributed by atoms with van der Waals surface area (Å²) in [5.74, 6) is -1.80. The largest absolute Gasteiger partial charge is 0.508 e. The predicted molar refractivity (Wildman–Crippen MR) is 55.7 cm³/mol. The molecule has 0 spiro atoms. The van der Waals surface area contributed by atoms with Crippen LogP contribution in [0.5, 0.6) is 5.75 Å². The molecule has 0 saturated carbocycles. The molecule has 5 heteroatoms. The molecule has 0 aliphatic heterocycles. The van der Waals surface area contributed by atoms with Gasteiger partial charge in [-0.1, -0.05) is 12.1 Å². The van der Waals surface area contributed by atoms with Crippen LogP contribution in [0.4, 0.5) is 0 Å². The van der Waals surface area contributed by atoms with Gasteiger partial charge in [-0.3, -0.25) is 0 Å². The van der Waals surface area contributed by atoms with Crippen molar-refractivity contribution < 1.29 is 24.5 Å². The third-order valence-electron chi connectivity index (χ3n) is 1.64. The minimum atomic E-state index is -1.20. The maximum absolute atomic E-state index is 11.0. The van der Waals surface area contributed by atoms with E-state index in [2.05, 4.69) is 4.74 Å². The summed E-state index contributed by atoms with van der Waals surface area (Å²) in [6, 6.07) is 6.16. The Hall–Kier alpha value is -2.30. The van der Waals surface area contributed by atoms with Crippen molar-refractivity contribution in [2.45, 2.75) is 0 Å². The third kappa shape index (κ3) is 4.28. The molecule has 0 heterocycles. The molecule has 1 aromatic carbocycles. The number of hydrogen-bond acceptors (Lipinski definition) is 4. The van der Waals surface area contributed by atoms with E-state index in [0.717, 1.165) is 6.08 Å². The van der Waals surface area contributed by atoms with Crippen molar-refractivity contribution in [1.82, 2.24) is 0 Å². The van der Waals surface area contributed by atoms with E-state index in [1.165, 1.54) is 18.2 Å². The summed E-state index contributed by atoms with van der Waals surface area (Å²) in [5.41, 5.74) is 0.699. The van der Waals surface area contributed by atoms with Gasteiger partial charge in [0.25, 0.3) is 0 Å². The number of rotatable bonds is 4. The van der Waals surface area contributed by atoms with Crippen LogP contribution in [0.1, 0.15) is 5.56 Å². The Bertz CT molecular complexity index is 405. The lowest BCUT2D eigenvalue weighted by Gasteiger charge is -1.96. The summed E-state index contributed by atoms with van der Waals surface area (Å²) >= 11 is 0. The first-order chi connectivity index (χ1) is 7.58. The number of benzene rings is 1. The van der Waals surface area contributed by atoms with Crippen molar-refractivity contribution in [3.63, 3.8) is 0 Å². The lowest BCUT2D eigenvalue weighted by atomic mass is 10.2. The van der Waals surface area contributed by atoms with Gasteiger partial charge in [0.1, 0.15) is 5.75 Å². The molecule has 16 heavy (non-hydrogen) atoms. The highest BCUT2D eigenvalue weighted by Gasteiger charge is 2.01. The minimum Gasteiger partial charge on any atom is -0.508 e. The molecule has 0 aromatic heterocycles. The smallest absolute Gasteiger partial charge is 0.341 e. The van der Waals surface area contributed by atoms with Crippen molar-refractivity contribution in [3.05, 3.63) is 35.9 Å². The number of aromatic hydroxyl groups is 1. The van der Waals surface area contributed by atoms with E-state index in [9.17, 15) is 9.59 Å². The first-order valence-electron chi connectivity index (χ1n) is 4.43. The SMILES string of the molecule is O=C(O)COC(=O)C=Cc1ccc(O)cc1. The molecule has 0 unspecified atom stereocenters. The van der Waals surface area contributed by atoms with Gasteiger partial charge in [-0.25, -0.2) is 9.59 Å². The first kappa shape index (κ1) is 11.8. The zero-order valence-electron chi connectivity index (χ0n) is 8.29. The van der Waals surface area contributed by atoms with Crippen molar-refractivity contribution in [2.75, 3.05) is 6.61 Å². The van der Waals surface area contributed by atoms with Gasteiger partial charge in [0, 0.05) is 6.08 Å². The van der Waals surface area contributed by atoms with Crippen molar-refractivity contribution in [3.8, 4) is 5.75 Å². The van der Waals surface area contributed by atoms with Gasteiger partial charge in [-0.15, -0.1) is 0 Å². The number of carboxylic acids is 1. The van der Waals surface area contributed by atoms with Gasteiger partial charge in [-0.2, -0.15) is 0 Å². The molecule has 1 rings (SSSR count). The lowest BCUT2D eigenvalue weighted by Crippen LogP contribution is -2.10. The number of phenolic OH excluding ortho intramolecular Hbond substituents is 1. The molecule has 0 bridgehead atoms.